The van der Waals surface area contributed by atoms with Gasteiger partial charge >= 0.3 is 0 Å². The number of amides is 1. The summed E-state index contributed by atoms with van der Waals surface area (Å²) in [5.74, 6) is 1.25. The highest BCUT2D eigenvalue weighted by Crippen LogP contribution is 2.24. The Labute approximate surface area is 156 Å². The van der Waals surface area contributed by atoms with E-state index in [4.69, 9.17) is 4.74 Å². The molecule has 1 aromatic carbocycles. The van der Waals surface area contributed by atoms with Crippen molar-refractivity contribution in [1.29, 1.82) is 0 Å². The number of aromatic nitrogens is 4. The highest BCUT2D eigenvalue weighted by Gasteiger charge is 2.20. The van der Waals surface area contributed by atoms with Gasteiger partial charge in [-0.25, -0.2) is 9.97 Å². The number of imidazole rings is 1. The average Bonchev–Trinajstić information content (AvgIpc) is 3.26. The van der Waals surface area contributed by atoms with Crippen molar-refractivity contribution in [1.82, 2.24) is 24.3 Å². The molecule has 3 heterocycles. The van der Waals surface area contributed by atoms with Crippen molar-refractivity contribution < 1.29 is 9.53 Å². The van der Waals surface area contributed by atoms with E-state index in [-0.39, 0.29) is 11.9 Å². The quantitative estimate of drug-likeness (QED) is 0.591. The maximum Gasteiger partial charge on any atom is 0.268 e. The summed E-state index contributed by atoms with van der Waals surface area (Å²) in [4.78, 5) is 21.7. The Hall–Kier alpha value is -3.35. The summed E-state index contributed by atoms with van der Waals surface area (Å²) in [5.41, 5.74) is 2.37. The van der Waals surface area contributed by atoms with Crippen LogP contribution in [0.3, 0.4) is 0 Å². The number of nitrogens with zero attached hydrogens (tertiary/aromatic N) is 4. The molecule has 3 aromatic heterocycles. The van der Waals surface area contributed by atoms with Gasteiger partial charge in [-0.1, -0.05) is 6.92 Å². The molecule has 7 nitrogen and oxygen atoms in total. The molecule has 27 heavy (non-hydrogen) atoms. The van der Waals surface area contributed by atoms with Crippen LogP contribution in [0.15, 0.2) is 48.9 Å². The summed E-state index contributed by atoms with van der Waals surface area (Å²) in [6.45, 7) is 2.02. The second kappa shape index (κ2) is 6.75. The molecule has 0 aliphatic carbocycles. The van der Waals surface area contributed by atoms with Gasteiger partial charge in [0.1, 0.15) is 11.4 Å². The number of hydrogen-bond donors (Lipinski definition) is 1. The third-order valence-electron chi connectivity index (χ3n) is 4.81. The Bertz CT molecular complexity index is 1100. The van der Waals surface area contributed by atoms with E-state index in [2.05, 4.69) is 15.3 Å². The Morgan fingerprint density at radius 1 is 1.33 bits per heavy atom. The van der Waals surface area contributed by atoms with Crippen molar-refractivity contribution in [3.63, 3.8) is 0 Å². The summed E-state index contributed by atoms with van der Waals surface area (Å²) in [5, 5.41) is 4.06. The lowest BCUT2D eigenvalue weighted by molar-refractivity contribution is 0.0927. The average molecular weight is 363 g/mol. The highest BCUT2D eigenvalue weighted by molar-refractivity contribution is 5.99. The summed E-state index contributed by atoms with van der Waals surface area (Å²) < 4.78 is 9.02. The molecule has 138 valence electrons. The van der Waals surface area contributed by atoms with Gasteiger partial charge in [-0.05, 0) is 36.8 Å². The second-order valence-corrected chi connectivity index (χ2v) is 6.44. The van der Waals surface area contributed by atoms with Crippen molar-refractivity contribution in [2.75, 3.05) is 7.11 Å². The Kier molecular flexibility index (Phi) is 4.27. The predicted molar refractivity (Wildman–Crippen MR) is 103 cm³/mol. The van der Waals surface area contributed by atoms with Gasteiger partial charge in [-0.3, -0.25) is 9.20 Å². The van der Waals surface area contributed by atoms with E-state index in [0.717, 1.165) is 28.8 Å². The normalized spacial score (nSPS) is 12.4. The smallest absolute Gasteiger partial charge is 0.268 e. The number of carbonyl (C=O) groups is 1. The number of nitrogens with one attached hydrogen (secondary N) is 1. The van der Waals surface area contributed by atoms with Crippen LogP contribution in [0, 0.1) is 0 Å². The van der Waals surface area contributed by atoms with Crippen molar-refractivity contribution in [3.8, 4) is 5.75 Å². The molecule has 0 spiro atoms. The van der Waals surface area contributed by atoms with Crippen LogP contribution in [-0.4, -0.2) is 32.0 Å². The van der Waals surface area contributed by atoms with Crippen LogP contribution >= 0.6 is 0 Å². The Morgan fingerprint density at radius 3 is 2.93 bits per heavy atom. The first kappa shape index (κ1) is 17.1. The molecule has 4 rings (SSSR count). The third-order valence-corrected chi connectivity index (χ3v) is 4.81. The van der Waals surface area contributed by atoms with E-state index in [1.165, 1.54) is 0 Å². The number of ether oxygens (including phenoxy) is 1. The van der Waals surface area contributed by atoms with Gasteiger partial charge in [-0.2, -0.15) is 0 Å². The van der Waals surface area contributed by atoms with Crippen molar-refractivity contribution in [2.45, 2.75) is 19.4 Å². The number of hydrogen-bond acceptors (Lipinski definition) is 4. The zero-order valence-corrected chi connectivity index (χ0v) is 15.5. The fourth-order valence-corrected chi connectivity index (χ4v) is 3.31. The summed E-state index contributed by atoms with van der Waals surface area (Å²) in [7, 11) is 3.52. The zero-order valence-electron chi connectivity index (χ0n) is 15.5. The van der Waals surface area contributed by atoms with Gasteiger partial charge in [0, 0.05) is 36.5 Å². The fourth-order valence-electron chi connectivity index (χ4n) is 3.31. The highest BCUT2D eigenvalue weighted by atomic mass is 16.5. The van der Waals surface area contributed by atoms with Crippen LogP contribution < -0.4 is 10.1 Å². The monoisotopic (exact) mass is 363 g/mol. The summed E-state index contributed by atoms with van der Waals surface area (Å²) in [6.07, 6.45) is 6.23. The lowest BCUT2D eigenvalue weighted by Crippen LogP contribution is -2.29. The standard InChI is InChI=1S/C20H21N5O2/c1-4-15(16-12-25-9-5-8-21-20(25)23-16)22-19(26)18-11-13-10-14(27-3)6-7-17(13)24(18)2/h5-12,15H,4H2,1-3H3,(H,22,26)/t15-/m0/s1. The number of methoxy groups -OCH3 is 1. The molecule has 0 bridgehead atoms. The van der Waals surface area contributed by atoms with Gasteiger partial charge in [-0.15, -0.1) is 0 Å². The minimum Gasteiger partial charge on any atom is -0.497 e. The topological polar surface area (TPSA) is 73.5 Å². The first-order chi connectivity index (χ1) is 13.1. The van der Waals surface area contributed by atoms with Gasteiger partial charge < -0.3 is 14.6 Å². The zero-order chi connectivity index (χ0) is 19.0. The molecule has 0 saturated heterocycles. The molecule has 7 heteroatoms. The molecule has 0 saturated carbocycles. The van der Waals surface area contributed by atoms with Crippen LogP contribution in [0.1, 0.15) is 35.6 Å². The molecule has 1 amide bonds. The molecule has 0 radical (unpaired) electrons. The van der Waals surface area contributed by atoms with Crippen molar-refractivity contribution in [2.24, 2.45) is 7.05 Å². The maximum atomic E-state index is 12.9. The van der Waals surface area contributed by atoms with Crippen LogP contribution in [0.5, 0.6) is 5.75 Å². The number of rotatable bonds is 5. The lowest BCUT2D eigenvalue weighted by Gasteiger charge is -2.15. The lowest BCUT2D eigenvalue weighted by atomic mass is 10.1. The molecule has 1 atom stereocenters. The minimum atomic E-state index is -0.188. The first-order valence-corrected chi connectivity index (χ1v) is 8.84. The third kappa shape index (κ3) is 3.01. The van der Waals surface area contributed by atoms with Gasteiger partial charge in [0.2, 0.25) is 5.78 Å². The van der Waals surface area contributed by atoms with Crippen LogP contribution in [0.2, 0.25) is 0 Å². The van der Waals surface area contributed by atoms with E-state index in [0.29, 0.717) is 11.5 Å². The molecule has 0 aliphatic heterocycles. The summed E-state index contributed by atoms with van der Waals surface area (Å²) >= 11 is 0. The van der Waals surface area contributed by atoms with E-state index in [1.807, 2.05) is 65.7 Å². The van der Waals surface area contributed by atoms with E-state index in [9.17, 15) is 4.79 Å². The first-order valence-electron chi connectivity index (χ1n) is 8.84. The van der Waals surface area contributed by atoms with Crippen LogP contribution in [-0.2, 0) is 7.05 Å². The summed E-state index contributed by atoms with van der Waals surface area (Å²) in [6, 6.07) is 9.31. The number of aryl methyl sites for hydroxylation is 1. The Morgan fingerprint density at radius 2 is 2.19 bits per heavy atom. The number of benzene rings is 1. The van der Waals surface area contributed by atoms with Crippen molar-refractivity contribution in [3.05, 3.63) is 60.3 Å². The van der Waals surface area contributed by atoms with Gasteiger partial charge in [0.25, 0.3) is 5.91 Å². The molecule has 0 fully saturated rings. The minimum absolute atomic E-state index is 0.135. The van der Waals surface area contributed by atoms with Gasteiger partial charge in [0.15, 0.2) is 0 Å². The van der Waals surface area contributed by atoms with E-state index >= 15 is 0 Å². The molecule has 0 unspecified atom stereocenters. The second-order valence-electron chi connectivity index (χ2n) is 6.44. The molecule has 1 N–H and O–H groups in total. The van der Waals surface area contributed by atoms with Crippen LogP contribution in [0.4, 0.5) is 0 Å². The molecule has 4 aromatic rings. The number of fused-ring (bicyclic) bond motifs is 2. The van der Waals surface area contributed by atoms with E-state index < -0.39 is 0 Å². The predicted octanol–water partition coefficient (Wildman–Crippen LogP) is 3.11. The van der Waals surface area contributed by atoms with Gasteiger partial charge in [0.05, 0.1) is 18.8 Å². The number of carbonyl (C=O) groups excluding carboxylic acids is 1. The van der Waals surface area contributed by atoms with Crippen LogP contribution in [0.25, 0.3) is 16.7 Å². The van der Waals surface area contributed by atoms with E-state index in [1.54, 1.807) is 13.3 Å². The largest absolute Gasteiger partial charge is 0.497 e. The molecular formula is C20H21N5O2. The molecular weight excluding hydrogens is 342 g/mol. The maximum absolute atomic E-state index is 12.9. The SMILES string of the molecule is CC[C@H](NC(=O)c1cc2cc(OC)ccc2n1C)c1cn2cccnc2n1. The Balaban J connectivity index is 1.63. The fraction of sp³-hybridized carbons (Fsp3) is 0.250. The van der Waals surface area contributed by atoms with Crippen molar-refractivity contribution >= 4 is 22.6 Å². The molecule has 0 aliphatic rings.